The van der Waals surface area contributed by atoms with Crippen LogP contribution in [-0.2, 0) is 14.4 Å². The maximum Gasteiger partial charge on any atom is 0.313 e. The van der Waals surface area contributed by atoms with Crippen molar-refractivity contribution >= 4 is 40.4 Å². The van der Waals surface area contributed by atoms with E-state index in [1.807, 2.05) is 30.5 Å². The lowest BCUT2D eigenvalue weighted by Crippen LogP contribution is -2.36. The van der Waals surface area contributed by atoms with E-state index in [-0.39, 0.29) is 12.5 Å². The van der Waals surface area contributed by atoms with E-state index in [0.717, 1.165) is 22.5 Å². The van der Waals surface area contributed by atoms with E-state index in [1.54, 1.807) is 17.0 Å². The molecular formula is C20H23N3O4S. The minimum atomic E-state index is -0.784. The van der Waals surface area contributed by atoms with Crippen molar-refractivity contribution in [2.75, 3.05) is 23.3 Å². The molecule has 3 N–H and O–H groups in total. The third-order valence-electron chi connectivity index (χ3n) is 4.61. The number of thiophene rings is 1. The molecular weight excluding hydrogens is 378 g/mol. The second kappa shape index (κ2) is 8.99. The maximum atomic E-state index is 12.1. The Labute approximate surface area is 167 Å². The van der Waals surface area contributed by atoms with Crippen molar-refractivity contribution in [3.63, 3.8) is 0 Å². The van der Waals surface area contributed by atoms with Crippen LogP contribution in [0.2, 0.25) is 0 Å². The van der Waals surface area contributed by atoms with E-state index in [1.165, 1.54) is 11.3 Å². The van der Waals surface area contributed by atoms with E-state index in [4.69, 9.17) is 0 Å². The highest BCUT2D eigenvalue weighted by atomic mass is 32.1. The number of nitrogens with one attached hydrogen (secondary N) is 2. The number of hydrogen-bond donors (Lipinski definition) is 3. The van der Waals surface area contributed by atoms with Crippen LogP contribution in [0.25, 0.3) is 0 Å². The van der Waals surface area contributed by atoms with Gasteiger partial charge in [-0.05, 0) is 48.9 Å². The first-order chi connectivity index (χ1) is 13.5. The first-order valence-electron chi connectivity index (χ1n) is 9.17. The molecule has 2 aromatic rings. The van der Waals surface area contributed by atoms with Gasteiger partial charge in [0, 0.05) is 35.8 Å². The van der Waals surface area contributed by atoms with Crippen molar-refractivity contribution in [2.45, 2.75) is 32.3 Å². The van der Waals surface area contributed by atoms with Gasteiger partial charge >= 0.3 is 11.8 Å². The Morgan fingerprint density at radius 2 is 2.11 bits per heavy atom. The quantitative estimate of drug-likeness (QED) is 0.647. The van der Waals surface area contributed by atoms with Gasteiger partial charge in [-0.25, -0.2) is 0 Å². The van der Waals surface area contributed by atoms with Crippen LogP contribution in [0.1, 0.15) is 35.8 Å². The molecule has 1 aliphatic heterocycles. The van der Waals surface area contributed by atoms with E-state index in [9.17, 15) is 19.5 Å². The Kier molecular flexibility index (Phi) is 6.43. The number of carbonyl (C=O) groups excluding carboxylic acids is 3. The van der Waals surface area contributed by atoms with Crippen molar-refractivity contribution in [2.24, 2.45) is 0 Å². The van der Waals surface area contributed by atoms with Gasteiger partial charge in [-0.2, -0.15) is 0 Å². The van der Waals surface area contributed by atoms with Crippen LogP contribution in [-0.4, -0.2) is 35.9 Å². The molecule has 28 heavy (non-hydrogen) atoms. The molecule has 148 valence electrons. The third kappa shape index (κ3) is 4.76. The van der Waals surface area contributed by atoms with Gasteiger partial charge in [0.15, 0.2) is 0 Å². The number of rotatable bonds is 6. The first kappa shape index (κ1) is 20.0. The Balaban J connectivity index is 1.53. The summed E-state index contributed by atoms with van der Waals surface area (Å²) in [5, 5.41) is 17.0. The zero-order chi connectivity index (χ0) is 20.1. The minimum absolute atomic E-state index is 0.0635. The van der Waals surface area contributed by atoms with Gasteiger partial charge in [0.25, 0.3) is 0 Å². The Bertz CT molecular complexity index is 866. The molecule has 1 fully saturated rings. The second-order valence-corrected chi connectivity index (χ2v) is 7.66. The van der Waals surface area contributed by atoms with Crippen LogP contribution in [0.5, 0.6) is 0 Å². The summed E-state index contributed by atoms with van der Waals surface area (Å²) in [5.41, 5.74) is 2.14. The number of carbonyl (C=O) groups is 3. The molecule has 0 aliphatic carbocycles. The van der Waals surface area contributed by atoms with Crippen molar-refractivity contribution in [1.29, 1.82) is 0 Å². The van der Waals surface area contributed by atoms with Gasteiger partial charge in [0.1, 0.15) is 0 Å². The third-order valence-corrected chi connectivity index (χ3v) is 5.59. The number of benzene rings is 1. The minimum Gasteiger partial charge on any atom is -0.388 e. The smallest absolute Gasteiger partial charge is 0.313 e. The fourth-order valence-electron chi connectivity index (χ4n) is 3.09. The molecule has 1 unspecified atom stereocenters. The van der Waals surface area contributed by atoms with Crippen LogP contribution in [0.3, 0.4) is 0 Å². The highest BCUT2D eigenvalue weighted by molar-refractivity contribution is 7.10. The Hall–Kier alpha value is -2.71. The number of aliphatic hydroxyl groups is 1. The molecule has 2 heterocycles. The molecule has 1 aromatic carbocycles. The van der Waals surface area contributed by atoms with E-state index >= 15 is 0 Å². The number of amides is 3. The van der Waals surface area contributed by atoms with Crippen molar-refractivity contribution in [3.05, 3.63) is 46.2 Å². The van der Waals surface area contributed by atoms with Crippen molar-refractivity contribution in [1.82, 2.24) is 5.32 Å². The van der Waals surface area contributed by atoms with E-state index < -0.39 is 17.9 Å². The summed E-state index contributed by atoms with van der Waals surface area (Å²) >= 11 is 1.44. The summed E-state index contributed by atoms with van der Waals surface area (Å²) in [6.45, 7) is 2.75. The number of aliphatic hydroxyl groups excluding tert-OH is 1. The summed E-state index contributed by atoms with van der Waals surface area (Å²) in [7, 11) is 0. The fourth-order valence-corrected chi connectivity index (χ4v) is 3.84. The highest BCUT2D eigenvalue weighted by Gasteiger charge is 2.23. The van der Waals surface area contributed by atoms with Gasteiger partial charge in [0.2, 0.25) is 5.91 Å². The normalized spacial score (nSPS) is 14.8. The van der Waals surface area contributed by atoms with Crippen LogP contribution < -0.4 is 15.5 Å². The average molecular weight is 401 g/mol. The molecule has 0 bridgehead atoms. The fraction of sp³-hybridized carbons (Fsp3) is 0.350. The van der Waals surface area contributed by atoms with Gasteiger partial charge < -0.3 is 20.6 Å². The van der Waals surface area contributed by atoms with E-state index in [0.29, 0.717) is 25.1 Å². The Morgan fingerprint density at radius 3 is 2.79 bits per heavy atom. The molecule has 1 aromatic heterocycles. The molecule has 0 radical (unpaired) electrons. The summed E-state index contributed by atoms with van der Waals surface area (Å²) in [6.07, 6.45) is 0.997. The topological polar surface area (TPSA) is 98.7 Å². The summed E-state index contributed by atoms with van der Waals surface area (Å²) < 4.78 is 0. The summed E-state index contributed by atoms with van der Waals surface area (Å²) in [6, 6.07) is 8.89. The lowest BCUT2D eigenvalue weighted by atomic mass is 10.1. The molecule has 7 nitrogen and oxygen atoms in total. The Morgan fingerprint density at radius 1 is 1.29 bits per heavy atom. The average Bonchev–Trinajstić information content (AvgIpc) is 3.35. The zero-order valence-corrected chi connectivity index (χ0v) is 16.4. The lowest BCUT2D eigenvalue weighted by molar-refractivity contribution is -0.136. The highest BCUT2D eigenvalue weighted by Crippen LogP contribution is 2.28. The second-order valence-electron chi connectivity index (χ2n) is 6.68. The van der Waals surface area contributed by atoms with Crippen molar-refractivity contribution < 1.29 is 19.5 Å². The van der Waals surface area contributed by atoms with Gasteiger partial charge in [-0.3, -0.25) is 14.4 Å². The van der Waals surface area contributed by atoms with Gasteiger partial charge in [-0.1, -0.05) is 12.1 Å². The van der Waals surface area contributed by atoms with Crippen molar-refractivity contribution in [3.8, 4) is 0 Å². The van der Waals surface area contributed by atoms with Crippen LogP contribution in [0.15, 0.2) is 35.7 Å². The predicted molar refractivity (Wildman–Crippen MR) is 108 cm³/mol. The standard InChI is InChI=1S/C20H23N3O4S/c1-13-6-7-14(12-15(13)23-10-2-5-18(23)25)22-20(27)19(26)21-9-8-16(24)17-4-3-11-28-17/h3-4,6-7,11-12,16,24H,2,5,8-10H2,1H3,(H,21,26)(H,22,27). The molecule has 1 atom stereocenters. The SMILES string of the molecule is Cc1ccc(NC(=O)C(=O)NCCC(O)c2cccs2)cc1N1CCCC1=O. The molecule has 0 saturated carbocycles. The molecule has 3 rings (SSSR count). The van der Waals surface area contributed by atoms with E-state index in [2.05, 4.69) is 10.6 Å². The summed E-state index contributed by atoms with van der Waals surface area (Å²) in [5.74, 6) is -1.49. The molecule has 1 saturated heterocycles. The van der Waals surface area contributed by atoms with Gasteiger partial charge in [0.05, 0.1) is 6.10 Å². The lowest BCUT2D eigenvalue weighted by Gasteiger charge is -2.19. The first-order valence-corrected chi connectivity index (χ1v) is 10.1. The summed E-state index contributed by atoms with van der Waals surface area (Å²) in [4.78, 5) is 38.7. The molecule has 1 aliphatic rings. The molecule has 8 heteroatoms. The molecule has 3 amide bonds. The number of hydrogen-bond acceptors (Lipinski definition) is 5. The zero-order valence-electron chi connectivity index (χ0n) is 15.6. The number of nitrogens with zero attached hydrogens (tertiary/aromatic N) is 1. The van der Waals surface area contributed by atoms with Crippen LogP contribution in [0.4, 0.5) is 11.4 Å². The number of anilines is 2. The monoisotopic (exact) mass is 401 g/mol. The predicted octanol–water partition coefficient (Wildman–Crippen LogP) is 2.36. The maximum absolute atomic E-state index is 12.1. The number of aryl methyl sites for hydroxylation is 1. The van der Waals surface area contributed by atoms with Crippen LogP contribution >= 0.6 is 11.3 Å². The largest absolute Gasteiger partial charge is 0.388 e. The van der Waals surface area contributed by atoms with Gasteiger partial charge in [-0.15, -0.1) is 11.3 Å². The van der Waals surface area contributed by atoms with Crippen LogP contribution in [0, 0.1) is 6.92 Å². The molecule has 0 spiro atoms.